The summed E-state index contributed by atoms with van der Waals surface area (Å²) in [6, 6.07) is 0. The Kier molecular flexibility index (Phi) is 10.4. The molecule has 5 heteroatoms. The van der Waals surface area contributed by atoms with Crippen molar-refractivity contribution in [3.63, 3.8) is 0 Å². The molecule has 0 saturated heterocycles. The SMILES string of the molecule is CCOC(=O)C(C)OCCCOCCOC. The van der Waals surface area contributed by atoms with Gasteiger partial charge in [-0.05, 0) is 20.3 Å². The molecule has 1 atom stereocenters. The molecule has 0 aliphatic rings. The normalized spacial score (nSPS) is 12.4. The van der Waals surface area contributed by atoms with Crippen molar-refractivity contribution < 1.29 is 23.7 Å². The minimum absolute atomic E-state index is 0.317. The van der Waals surface area contributed by atoms with E-state index in [0.29, 0.717) is 33.0 Å². The molecule has 96 valence electrons. The quantitative estimate of drug-likeness (QED) is 0.417. The monoisotopic (exact) mass is 234 g/mol. The maximum atomic E-state index is 11.2. The number of esters is 1. The van der Waals surface area contributed by atoms with Crippen molar-refractivity contribution in [2.45, 2.75) is 26.4 Å². The van der Waals surface area contributed by atoms with Gasteiger partial charge in [-0.3, -0.25) is 0 Å². The fourth-order valence-corrected chi connectivity index (χ4v) is 0.993. The first-order valence-corrected chi connectivity index (χ1v) is 5.57. The van der Waals surface area contributed by atoms with E-state index in [1.165, 1.54) is 0 Å². The summed E-state index contributed by atoms with van der Waals surface area (Å²) in [7, 11) is 1.63. The summed E-state index contributed by atoms with van der Waals surface area (Å²) in [5.41, 5.74) is 0. The zero-order chi connectivity index (χ0) is 12.2. The second-order valence-electron chi connectivity index (χ2n) is 3.22. The highest BCUT2D eigenvalue weighted by Gasteiger charge is 2.13. The Balaban J connectivity index is 3.27. The van der Waals surface area contributed by atoms with Crippen molar-refractivity contribution in [1.29, 1.82) is 0 Å². The van der Waals surface area contributed by atoms with Crippen LogP contribution in [0.3, 0.4) is 0 Å². The maximum Gasteiger partial charge on any atom is 0.334 e. The van der Waals surface area contributed by atoms with E-state index in [1.54, 1.807) is 21.0 Å². The molecule has 0 aromatic carbocycles. The second kappa shape index (κ2) is 10.9. The average molecular weight is 234 g/mol. The van der Waals surface area contributed by atoms with Gasteiger partial charge in [0.05, 0.1) is 19.8 Å². The van der Waals surface area contributed by atoms with Crippen LogP contribution >= 0.6 is 0 Å². The second-order valence-corrected chi connectivity index (χ2v) is 3.22. The minimum atomic E-state index is -0.501. The zero-order valence-electron chi connectivity index (χ0n) is 10.4. The lowest BCUT2D eigenvalue weighted by Crippen LogP contribution is -2.24. The Morgan fingerprint density at radius 2 is 1.94 bits per heavy atom. The summed E-state index contributed by atoms with van der Waals surface area (Å²) in [6.45, 7) is 6.13. The van der Waals surface area contributed by atoms with Crippen molar-refractivity contribution in [1.82, 2.24) is 0 Å². The molecule has 5 nitrogen and oxygen atoms in total. The molecule has 0 fully saturated rings. The molecule has 1 unspecified atom stereocenters. The standard InChI is InChI=1S/C11H22O5/c1-4-15-11(12)10(2)16-7-5-6-14-9-8-13-3/h10H,4-9H2,1-3H3. The van der Waals surface area contributed by atoms with Crippen LogP contribution in [0.25, 0.3) is 0 Å². The highest BCUT2D eigenvalue weighted by atomic mass is 16.6. The van der Waals surface area contributed by atoms with Crippen LogP contribution in [-0.4, -0.2) is 52.2 Å². The first-order valence-electron chi connectivity index (χ1n) is 5.57. The summed E-state index contributed by atoms with van der Waals surface area (Å²) in [5, 5.41) is 0. The van der Waals surface area contributed by atoms with Crippen LogP contribution < -0.4 is 0 Å². The summed E-state index contributed by atoms with van der Waals surface area (Å²) in [6.07, 6.45) is 0.256. The van der Waals surface area contributed by atoms with Gasteiger partial charge in [-0.25, -0.2) is 4.79 Å². The molecule has 0 bridgehead atoms. The molecule has 0 N–H and O–H groups in total. The van der Waals surface area contributed by atoms with E-state index in [-0.39, 0.29) is 5.97 Å². The lowest BCUT2D eigenvalue weighted by molar-refractivity contribution is -0.155. The lowest BCUT2D eigenvalue weighted by Gasteiger charge is -2.11. The molecular weight excluding hydrogens is 212 g/mol. The van der Waals surface area contributed by atoms with Crippen molar-refractivity contribution >= 4 is 5.97 Å². The van der Waals surface area contributed by atoms with Crippen molar-refractivity contribution in [3.05, 3.63) is 0 Å². The molecule has 0 spiro atoms. The van der Waals surface area contributed by atoms with Crippen LogP contribution in [0.15, 0.2) is 0 Å². The highest BCUT2D eigenvalue weighted by molar-refractivity contribution is 5.74. The van der Waals surface area contributed by atoms with Gasteiger partial charge in [0, 0.05) is 20.3 Å². The molecule has 0 aliphatic heterocycles. The average Bonchev–Trinajstić information content (AvgIpc) is 2.28. The van der Waals surface area contributed by atoms with Crippen molar-refractivity contribution in [2.75, 3.05) is 40.1 Å². The smallest absolute Gasteiger partial charge is 0.334 e. The lowest BCUT2D eigenvalue weighted by atomic mass is 10.4. The Labute approximate surface area is 97.0 Å². The van der Waals surface area contributed by atoms with E-state index in [1.807, 2.05) is 0 Å². The Morgan fingerprint density at radius 3 is 2.56 bits per heavy atom. The molecule has 0 aromatic heterocycles. The van der Waals surface area contributed by atoms with Gasteiger partial charge in [0.25, 0.3) is 0 Å². The van der Waals surface area contributed by atoms with Gasteiger partial charge in [-0.2, -0.15) is 0 Å². The number of hydrogen-bond donors (Lipinski definition) is 0. The Morgan fingerprint density at radius 1 is 1.19 bits per heavy atom. The number of carbonyl (C=O) groups excluding carboxylic acids is 1. The summed E-state index contributed by atoms with van der Waals surface area (Å²) < 4.78 is 20.1. The van der Waals surface area contributed by atoms with Crippen molar-refractivity contribution in [2.24, 2.45) is 0 Å². The van der Waals surface area contributed by atoms with E-state index < -0.39 is 6.10 Å². The minimum Gasteiger partial charge on any atom is -0.464 e. The van der Waals surface area contributed by atoms with Crippen LogP contribution in [0, 0.1) is 0 Å². The molecule has 0 rings (SSSR count). The van der Waals surface area contributed by atoms with E-state index >= 15 is 0 Å². The summed E-state index contributed by atoms with van der Waals surface area (Å²) in [4.78, 5) is 11.2. The van der Waals surface area contributed by atoms with Crippen LogP contribution in [0.4, 0.5) is 0 Å². The first-order chi connectivity index (χ1) is 7.72. The molecule has 0 amide bonds. The Bertz CT molecular complexity index is 172. The van der Waals surface area contributed by atoms with Crippen LogP contribution in [0.1, 0.15) is 20.3 Å². The van der Waals surface area contributed by atoms with E-state index in [0.717, 1.165) is 6.42 Å². The predicted octanol–water partition coefficient (Wildman–Crippen LogP) is 1.01. The Hall–Kier alpha value is -0.650. The van der Waals surface area contributed by atoms with Gasteiger partial charge in [0.1, 0.15) is 0 Å². The number of hydrogen-bond acceptors (Lipinski definition) is 5. The number of rotatable bonds is 10. The van der Waals surface area contributed by atoms with E-state index in [9.17, 15) is 4.79 Å². The topological polar surface area (TPSA) is 54.0 Å². The molecular formula is C11H22O5. The third-order valence-corrected chi connectivity index (χ3v) is 1.85. The number of ether oxygens (including phenoxy) is 4. The summed E-state index contributed by atoms with van der Waals surface area (Å²) >= 11 is 0. The third kappa shape index (κ3) is 8.64. The maximum absolute atomic E-state index is 11.2. The van der Waals surface area contributed by atoms with Crippen molar-refractivity contribution in [3.8, 4) is 0 Å². The van der Waals surface area contributed by atoms with Gasteiger partial charge in [-0.1, -0.05) is 0 Å². The van der Waals surface area contributed by atoms with Crippen LogP contribution in [-0.2, 0) is 23.7 Å². The molecule has 0 heterocycles. The third-order valence-electron chi connectivity index (χ3n) is 1.85. The number of methoxy groups -OCH3 is 1. The molecule has 16 heavy (non-hydrogen) atoms. The predicted molar refractivity (Wildman–Crippen MR) is 59.4 cm³/mol. The van der Waals surface area contributed by atoms with E-state index in [4.69, 9.17) is 18.9 Å². The molecule has 0 saturated carbocycles. The largest absolute Gasteiger partial charge is 0.464 e. The zero-order valence-corrected chi connectivity index (χ0v) is 10.4. The molecule has 0 radical (unpaired) electrons. The van der Waals surface area contributed by atoms with Crippen LogP contribution in [0.5, 0.6) is 0 Å². The molecule has 0 aliphatic carbocycles. The number of carbonyl (C=O) groups is 1. The van der Waals surface area contributed by atoms with Gasteiger partial charge in [0.2, 0.25) is 0 Å². The summed E-state index contributed by atoms with van der Waals surface area (Å²) in [5.74, 6) is -0.317. The van der Waals surface area contributed by atoms with Gasteiger partial charge in [0.15, 0.2) is 6.10 Å². The highest BCUT2D eigenvalue weighted by Crippen LogP contribution is 1.96. The first kappa shape index (κ1) is 15.3. The molecule has 0 aromatic rings. The fraction of sp³-hybridized carbons (Fsp3) is 0.909. The van der Waals surface area contributed by atoms with Crippen LogP contribution in [0.2, 0.25) is 0 Å². The van der Waals surface area contributed by atoms with E-state index in [2.05, 4.69) is 0 Å². The fourth-order valence-electron chi connectivity index (χ4n) is 0.993. The van der Waals surface area contributed by atoms with Gasteiger partial charge >= 0.3 is 5.97 Å². The van der Waals surface area contributed by atoms with Gasteiger partial charge < -0.3 is 18.9 Å². The van der Waals surface area contributed by atoms with Gasteiger partial charge in [-0.15, -0.1) is 0 Å².